The first-order chi connectivity index (χ1) is 8.56. The molecule has 0 atom stereocenters. The number of carbonyl (C=O) groups is 2. The van der Waals surface area contributed by atoms with Crippen LogP contribution >= 0.6 is 23.1 Å². The van der Waals surface area contributed by atoms with Crippen molar-refractivity contribution in [3.05, 3.63) is 35.2 Å². The van der Waals surface area contributed by atoms with E-state index >= 15 is 0 Å². The first-order valence-corrected chi connectivity index (χ1v) is 6.41. The second-order valence-corrected chi connectivity index (χ2v) is 5.52. The van der Waals surface area contributed by atoms with Crippen LogP contribution in [-0.4, -0.2) is 27.1 Å². The van der Waals surface area contributed by atoms with Crippen molar-refractivity contribution in [1.29, 1.82) is 0 Å². The van der Waals surface area contributed by atoms with Crippen molar-refractivity contribution >= 4 is 45.3 Å². The third-order valence-corrected chi connectivity index (χ3v) is 4.05. The summed E-state index contributed by atoms with van der Waals surface area (Å²) < 4.78 is 1.44. The lowest BCUT2D eigenvalue weighted by atomic mass is 10.3. The highest BCUT2D eigenvalue weighted by molar-refractivity contribution is 8.05. The van der Waals surface area contributed by atoms with Gasteiger partial charge in [-0.25, -0.2) is 14.6 Å². The van der Waals surface area contributed by atoms with E-state index in [0.29, 0.717) is 10.4 Å². The van der Waals surface area contributed by atoms with Gasteiger partial charge in [0.2, 0.25) is 0 Å². The first kappa shape index (κ1) is 12.6. The van der Waals surface area contributed by atoms with Crippen molar-refractivity contribution in [2.45, 2.75) is 4.34 Å². The molecule has 2 N–H and O–H groups in total. The maximum atomic E-state index is 10.9. The molecule has 18 heavy (non-hydrogen) atoms. The summed E-state index contributed by atoms with van der Waals surface area (Å²) in [5.74, 6) is -2.57. The van der Waals surface area contributed by atoms with Gasteiger partial charge in [-0.15, -0.1) is 11.3 Å². The van der Waals surface area contributed by atoms with Crippen LogP contribution in [0.3, 0.4) is 0 Å². The predicted molar refractivity (Wildman–Crippen MR) is 68.8 cm³/mol. The summed E-state index contributed by atoms with van der Waals surface area (Å²) in [5.41, 5.74) is 0.769. The van der Waals surface area contributed by atoms with Gasteiger partial charge >= 0.3 is 11.9 Å². The van der Waals surface area contributed by atoms with E-state index in [-0.39, 0.29) is 4.91 Å². The minimum Gasteiger partial charge on any atom is -0.478 e. The van der Waals surface area contributed by atoms with Crippen LogP contribution in [0.2, 0.25) is 0 Å². The Morgan fingerprint density at radius 2 is 2.00 bits per heavy atom. The average molecular weight is 281 g/mol. The van der Waals surface area contributed by atoms with E-state index in [4.69, 9.17) is 10.2 Å². The highest BCUT2D eigenvalue weighted by Gasteiger charge is 2.14. The first-order valence-electron chi connectivity index (χ1n) is 4.77. The van der Waals surface area contributed by atoms with Gasteiger partial charge in [-0.2, -0.15) is 0 Å². The predicted octanol–water partition coefficient (Wildman–Crippen LogP) is 2.44. The number of carboxylic acid groups (broad SMARTS) is 2. The van der Waals surface area contributed by atoms with Gasteiger partial charge in [-0.3, -0.25) is 0 Å². The largest absolute Gasteiger partial charge is 0.478 e. The summed E-state index contributed by atoms with van der Waals surface area (Å²) in [6, 6.07) is 7.39. The Morgan fingerprint density at radius 3 is 2.61 bits per heavy atom. The highest BCUT2D eigenvalue weighted by Crippen LogP contribution is 2.33. The van der Waals surface area contributed by atoms with Gasteiger partial charge in [0.25, 0.3) is 0 Å². The summed E-state index contributed by atoms with van der Waals surface area (Å²) in [5, 5.41) is 17.5. The molecule has 0 bridgehead atoms. The van der Waals surface area contributed by atoms with Crippen LogP contribution in [0.25, 0.3) is 10.2 Å². The Kier molecular flexibility index (Phi) is 3.63. The molecule has 1 aromatic heterocycles. The Balaban J connectivity index is 2.31. The number of aromatic nitrogens is 1. The minimum absolute atomic E-state index is 0.262. The summed E-state index contributed by atoms with van der Waals surface area (Å²) in [6.45, 7) is 0. The normalized spacial score (nSPS) is 11.7. The van der Waals surface area contributed by atoms with E-state index in [1.807, 2.05) is 24.3 Å². The van der Waals surface area contributed by atoms with Crippen molar-refractivity contribution < 1.29 is 19.8 Å². The zero-order valence-electron chi connectivity index (χ0n) is 8.86. The van der Waals surface area contributed by atoms with Crippen LogP contribution in [0, 0.1) is 0 Å². The van der Waals surface area contributed by atoms with E-state index in [9.17, 15) is 9.59 Å². The number of benzene rings is 1. The Labute approximate surface area is 110 Å². The molecule has 2 aromatic rings. The molecule has 2 rings (SSSR count). The van der Waals surface area contributed by atoms with E-state index in [1.54, 1.807) is 0 Å². The minimum atomic E-state index is -1.29. The van der Waals surface area contributed by atoms with Gasteiger partial charge in [-0.1, -0.05) is 23.9 Å². The molecule has 0 fully saturated rings. The van der Waals surface area contributed by atoms with Crippen molar-refractivity contribution in [3.63, 3.8) is 0 Å². The standard InChI is InChI=1S/C11H7NO4S2/c13-9(14)5-8(10(15)16)18-11-12-6-3-1-2-4-7(6)17-11/h1-5H,(H,13,14)(H,15,16)/b8-5+. The van der Waals surface area contributed by atoms with Crippen LogP contribution in [0.1, 0.15) is 0 Å². The number of thiazole rings is 1. The van der Waals surface area contributed by atoms with E-state index in [1.165, 1.54) is 11.3 Å². The van der Waals surface area contributed by atoms with E-state index in [0.717, 1.165) is 22.0 Å². The van der Waals surface area contributed by atoms with Crippen LogP contribution < -0.4 is 0 Å². The molecule has 0 aliphatic rings. The number of fused-ring (bicyclic) bond motifs is 1. The molecule has 1 aromatic carbocycles. The number of para-hydroxylation sites is 1. The number of thioether (sulfide) groups is 1. The van der Waals surface area contributed by atoms with Gasteiger partial charge in [0, 0.05) is 6.08 Å². The summed E-state index contributed by atoms with van der Waals surface area (Å²) >= 11 is 2.16. The zero-order chi connectivity index (χ0) is 13.1. The van der Waals surface area contributed by atoms with Gasteiger partial charge < -0.3 is 10.2 Å². The van der Waals surface area contributed by atoms with Crippen LogP contribution in [0.4, 0.5) is 0 Å². The Morgan fingerprint density at radius 1 is 1.28 bits per heavy atom. The SMILES string of the molecule is O=C(O)/C=C(/Sc1nc2ccccc2s1)C(=O)O. The van der Waals surface area contributed by atoms with Crippen molar-refractivity contribution in [3.8, 4) is 0 Å². The van der Waals surface area contributed by atoms with Gasteiger partial charge in [-0.05, 0) is 12.1 Å². The quantitative estimate of drug-likeness (QED) is 0.661. The number of aliphatic carboxylic acids is 2. The van der Waals surface area contributed by atoms with Gasteiger partial charge in [0.1, 0.15) is 4.91 Å². The van der Waals surface area contributed by atoms with Gasteiger partial charge in [0.05, 0.1) is 10.2 Å². The molecule has 0 amide bonds. The zero-order valence-corrected chi connectivity index (χ0v) is 10.5. The molecule has 92 valence electrons. The second kappa shape index (κ2) is 5.19. The molecule has 0 aliphatic carbocycles. The molecule has 7 heteroatoms. The summed E-state index contributed by atoms with van der Waals surface area (Å²) in [6.07, 6.45) is 0.666. The molecular formula is C11H7NO4S2. The number of carboxylic acids is 2. The second-order valence-electron chi connectivity index (χ2n) is 3.20. The lowest BCUT2D eigenvalue weighted by Gasteiger charge is -1.96. The fraction of sp³-hybridized carbons (Fsp3) is 0. The third kappa shape index (κ3) is 2.88. The molecule has 0 unspecified atom stereocenters. The molecular weight excluding hydrogens is 274 g/mol. The lowest BCUT2D eigenvalue weighted by molar-refractivity contribution is -0.134. The maximum Gasteiger partial charge on any atom is 0.342 e. The number of nitrogens with zero attached hydrogens (tertiary/aromatic N) is 1. The monoisotopic (exact) mass is 281 g/mol. The fourth-order valence-electron chi connectivity index (χ4n) is 1.24. The van der Waals surface area contributed by atoms with Crippen molar-refractivity contribution in [2.75, 3.05) is 0 Å². The number of rotatable bonds is 4. The average Bonchev–Trinajstić information content (AvgIpc) is 2.69. The molecule has 0 saturated heterocycles. The van der Waals surface area contributed by atoms with Gasteiger partial charge in [0.15, 0.2) is 4.34 Å². The number of hydrogen-bond donors (Lipinski definition) is 2. The lowest BCUT2D eigenvalue weighted by Crippen LogP contribution is -2.00. The fourth-order valence-corrected chi connectivity index (χ4v) is 3.22. The van der Waals surface area contributed by atoms with E-state index in [2.05, 4.69) is 4.98 Å². The topological polar surface area (TPSA) is 87.5 Å². The Hall–Kier alpha value is -1.86. The summed E-state index contributed by atoms with van der Waals surface area (Å²) in [7, 11) is 0. The van der Waals surface area contributed by atoms with Crippen LogP contribution in [-0.2, 0) is 9.59 Å². The van der Waals surface area contributed by atoms with Crippen molar-refractivity contribution in [1.82, 2.24) is 4.98 Å². The Bertz CT molecular complexity index is 614. The van der Waals surface area contributed by atoms with E-state index < -0.39 is 11.9 Å². The molecule has 0 spiro atoms. The summed E-state index contributed by atoms with van der Waals surface area (Å²) in [4.78, 5) is 25.3. The number of hydrogen-bond acceptors (Lipinski definition) is 5. The van der Waals surface area contributed by atoms with Crippen molar-refractivity contribution in [2.24, 2.45) is 0 Å². The molecule has 0 aliphatic heterocycles. The maximum absolute atomic E-state index is 10.9. The third-order valence-electron chi connectivity index (χ3n) is 1.94. The highest BCUT2D eigenvalue weighted by atomic mass is 32.2. The van der Waals surface area contributed by atoms with Crippen LogP contribution in [0.5, 0.6) is 0 Å². The molecule has 0 saturated carbocycles. The molecule has 1 heterocycles. The molecule has 0 radical (unpaired) electrons. The molecule has 5 nitrogen and oxygen atoms in total. The van der Waals surface area contributed by atoms with Crippen LogP contribution in [0.15, 0.2) is 39.6 Å². The smallest absolute Gasteiger partial charge is 0.342 e.